The van der Waals surface area contributed by atoms with Crippen molar-refractivity contribution in [3.8, 4) is 0 Å². The average molecular weight is 240 g/mol. The highest BCUT2D eigenvalue weighted by Crippen LogP contribution is 2.04. The van der Waals surface area contributed by atoms with E-state index in [9.17, 15) is 9.00 Å². The summed E-state index contributed by atoms with van der Waals surface area (Å²) < 4.78 is 11.4. The largest absolute Gasteiger partial charge is 0.330 e. The minimum Gasteiger partial charge on any atom is -0.330 e. The first-order chi connectivity index (χ1) is 7.72. The number of benzene rings is 1. The van der Waals surface area contributed by atoms with Crippen LogP contribution < -0.4 is 11.1 Å². The number of rotatable bonds is 6. The van der Waals surface area contributed by atoms with Crippen molar-refractivity contribution in [1.82, 2.24) is 0 Å². The molecule has 4 nitrogen and oxygen atoms in total. The summed E-state index contributed by atoms with van der Waals surface area (Å²) in [5.41, 5.74) is 6.02. The molecule has 16 heavy (non-hydrogen) atoms. The Morgan fingerprint density at radius 3 is 2.62 bits per heavy atom. The molecule has 3 N–H and O–H groups in total. The molecule has 0 saturated heterocycles. The van der Waals surface area contributed by atoms with Gasteiger partial charge in [-0.2, -0.15) is 0 Å². The van der Waals surface area contributed by atoms with E-state index >= 15 is 0 Å². The molecule has 0 radical (unpaired) electrons. The molecular formula is C11H16N2O2S. The first-order valence-corrected chi connectivity index (χ1v) is 6.61. The predicted molar refractivity (Wildman–Crippen MR) is 66.6 cm³/mol. The molecule has 0 aliphatic carbocycles. The Kier molecular flexibility index (Phi) is 5.74. The van der Waals surface area contributed by atoms with Crippen molar-refractivity contribution in [1.29, 1.82) is 0 Å². The van der Waals surface area contributed by atoms with Crippen molar-refractivity contribution in [2.45, 2.75) is 6.42 Å². The van der Waals surface area contributed by atoms with Crippen LogP contribution in [0.2, 0.25) is 0 Å². The summed E-state index contributed by atoms with van der Waals surface area (Å²) in [6.45, 7) is 0.506. The van der Waals surface area contributed by atoms with Gasteiger partial charge in [-0.15, -0.1) is 0 Å². The summed E-state index contributed by atoms with van der Waals surface area (Å²) >= 11 is 0. The first kappa shape index (κ1) is 12.9. The fourth-order valence-corrected chi connectivity index (χ4v) is 2.18. The predicted octanol–water partition coefficient (Wildman–Crippen LogP) is 0.723. The summed E-state index contributed by atoms with van der Waals surface area (Å²) in [6, 6.07) is 9.12. The van der Waals surface area contributed by atoms with Crippen molar-refractivity contribution in [3.05, 3.63) is 30.3 Å². The summed E-state index contributed by atoms with van der Waals surface area (Å²) in [7, 11) is -1.12. The van der Waals surface area contributed by atoms with Gasteiger partial charge in [0.1, 0.15) is 5.75 Å². The van der Waals surface area contributed by atoms with Gasteiger partial charge in [0.15, 0.2) is 0 Å². The maximum absolute atomic E-state index is 11.5. The molecule has 0 spiro atoms. The van der Waals surface area contributed by atoms with Crippen LogP contribution in [0.25, 0.3) is 0 Å². The van der Waals surface area contributed by atoms with Crippen LogP contribution in [0, 0.1) is 0 Å². The fraction of sp³-hybridized carbons (Fsp3) is 0.364. The monoisotopic (exact) mass is 240 g/mol. The van der Waals surface area contributed by atoms with Gasteiger partial charge < -0.3 is 11.1 Å². The molecule has 1 atom stereocenters. The normalized spacial score (nSPS) is 12.1. The maximum Gasteiger partial charge on any atom is 0.236 e. The van der Waals surface area contributed by atoms with E-state index in [0.29, 0.717) is 18.7 Å². The number of carbonyl (C=O) groups excluding carboxylic acids is 1. The van der Waals surface area contributed by atoms with Gasteiger partial charge in [-0.25, -0.2) is 0 Å². The number of carbonyl (C=O) groups is 1. The van der Waals surface area contributed by atoms with Crippen LogP contribution in [0.3, 0.4) is 0 Å². The van der Waals surface area contributed by atoms with Gasteiger partial charge in [-0.1, -0.05) is 18.2 Å². The Balaban J connectivity index is 2.34. The minimum atomic E-state index is -1.12. The Morgan fingerprint density at radius 1 is 1.31 bits per heavy atom. The average Bonchev–Trinajstić information content (AvgIpc) is 2.27. The molecule has 1 aromatic carbocycles. The second kappa shape index (κ2) is 7.14. The number of amides is 1. The zero-order valence-corrected chi connectivity index (χ0v) is 9.83. The lowest BCUT2D eigenvalue weighted by molar-refractivity contribution is -0.113. The topological polar surface area (TPSA) is 72.2 Å². The number of nitrogens with one attached hydrogen (secondary N) is 1. The van der Waals surface area contributed by atoms with Crippen LogP contribution in [0.1, 0.15) is 6.42 Å². The summed E-state index contributed by atoms with van der Waals surface area (Å²) in [5.74, 6) is 0.301. The lowest BCUT2D eigenvalue weighted by Gasteiger charge is -2.04. The van der Waals surface area contributed by atoms with Crippen LogP contribution in [0.5, 0.6) is 0 Å². The van der Waals surface area contributed by atoms with E-state index in [1.54, 1.807) is 12.1 Å². The van der Waals surface area contributed by atoms with Crippen LogP contribution in [-0.4, -0.2) is 28.2 Å². The Bertz CT molecular complexity index is 354. The zero-order chi connectivity index (χ0) is 11.8. The lowest BCUT2D eigenvalue weighted by Crippen LogP contribution is -2.21. The molecule has 1 unspecified atom stereocenters. The Labute approximate surface area is 97.7 Å². The Morgan fingerprint density at radius 2 is 2.00 bits per heavy atom. The zero-order valence-electron chi connectivity index (χ0n) is 9.02. The highest BCUT2D eigenvalue weighted by molar-refractivity contribution is 7.85. The number of anilines is 1. The molecule has 1 aromatic rings. The molecule has 5 heteroatoms. The SMILES string of the molecule is NCCCS(=O)CC(=O)Nc1ccccc1. The van der Waals surface area contributed by atoms with Crippen molar-refractivity contribution in [2.24, 2.45) is 5.73 Å². The van der Waals surface area contributed by atoms with Gasteiger partial charge >= 0.3 is 0 Å². The van der Waals surface area contributed by atoms with Gasteiger partial charge in [-0.3, -0.25) is 9.00 Å². The van der Waals surface area contributed by atoms with Gasteiger partial charge in [0.25, 0.3) is 0 Å². The summed E-state index contributed by atoms with van der Waals surface area (Å²) in [6.07, 6.45) is 0.686. The maximum atomic E-state index is 11.5. The number of nitrogens with two attached hydrogens (primary N) is 1. The smallest absolute Gasteiger partial charge is 0.236 e. The molecule has 0 aromatic heterocycles. The second-order valence-corrected chi connectivity index (χ2v) is 4.92. The number of hydrogen-bond acceptors (Lipinski definition) is 3. The van der Waals surface area contributed by atoms with E-state index in [-0.39, 0.29) is 11.7 Å². The number of hydrogen-bond donors (Lipinski definition) is 2. The molecule has 0 aliphatic rings. The van der Waals surface area contributed by atoms with Gasteiger partial charge in [0.05, 0.1) is 0 Å². The second-order valence-electron chi connectivity index (χ2n) is 3.34. The third kappa shape index (κ3) is 5.04. The molecule has 0 fully saturated rings. The van der Waals surface area contributed by atoms with E-state index < -0.39 is 10.8 Å². The molecule has 88 valence electrons. The van der Waals surface area contributed by atoms with E-state index in [4.69, 9.17) is 5.73 Å². The van der Waals surface area contributed by atoms with Crippen molar-refractivity contribution >= 4 is 22.4 Å². The van der Waals surface area contributed by atoms with Crippen molar-refractivity contribution < 1.29 is 9.00 Å². The van der Waals surface area contributed by atoms with E-state index in [2.05, 4.69) is 5.32 Å². The highest BCUT2D eigenvalue weighted by atomic mass is 32.2. The highest BCUT2D eigenvalue weighted by Gasteiger charge is 2.07. The summed E-state index contributed by atoms with van der Waals surface area (Å²) in [5, 5.41) is 2.69. The molecule has 1 amide bonds. The van der Waals surface area contributed by atoms with Crippen LogP contribution >= 0.6 is 0 Å². The van der Waals surface area contributed by atoms with Crippen molar-refractivity contribution in [2.75, 3.05) is 23.4 Å². The van der Waals surface area contributed by atoms with Gasteiger partial charge in [0, 0.05) is 22.2 Å². The van der Waals surface area contributed by atoms with Crippen molar-refractivity contribution in [3.63, 3.8) is 0 Å². The van der Waals surface area contributed by atoms with E-state index in [0.717, 1.165) is 5.69 Å². The standard InChI is InChI=1S/C11H16N2O2S/c12-7-4-8-16(15)9-11(14)13-10-5-2-1-3-6-10/h1-3,5-6H,4,7-9,12H2,(H,13,14). The van der Waals surface area contributed by atoms with Crippen LogP contribution in [-0.2, 0) is 15.6 Å². The summed E-state index contributed by atoms with van der Waals surface area (Å²) in [4.78, 5) is 11.5. The van der Waals surface area contributed by atoms with Crippen LogP contribution in [0.4, 0.5) is 5.69 Å². The van der Waals surface area contributed by atoms with E-state index in [1.807, 2.05) is 18.2 Å². The molecule has 1 rings (SSSR count). The fourth-order valence-electron chi connectivity index (χ4n) is 1.18. The lowest BCUT2D eigenvalue weighted by atomic mass is 10.3. The first-order valence-electron chi connectivity index (χ1n) is 5.12. The Hall–Kier alpha value is -1.20. The molecule has 0 bridgehead atoms. The third-order valence-electron chi connectivity index (χ3n) is 1.93. The minimum absolute atomic E-state index is 0.0366. The molecule has 0 aliphatic heterocycles. The number of para-hydroxylation sites is 1. The van der Waals surface area contributed by atoms with E-state index in [1.165, 1.54) is 0 Å². The molecular weight excluding hydrogens is 224 g/mol. The van der Waals surface area contributed by atoms with Crippen LogP contribution in [0.15, 0.2) is 30.3 Å². The van der Waals surface area contributed by atoms with Gasteiger partial charge in [0.2, 0.25) is 5.91 Å². The quantitative estimate of drug-likeness (QED) is 0.769. The third-order valence-corrected chi connectivity index (χ3v) is 3.25. The van der Waals surface area contributed by atoms with Gasteiger partial charge in [-0.05, 0) is 25.1 Å². The molecule has 0 heterocycles. The molecule has 0 saturated carbocycles.